The van der Waals surface area contributed by atoms with E-state index in [4.69, 9.17) is 5.73 Å². The molecule has 2 nitrogen and oxygen atoms in total. The predicted octanol–water partition coefficient (Wildman–Crippen LogP) is 3.12. The van der Waals surface area contributed by atoms with Crippen LogP contribution in [0.5, 0.6) is 0 Å². The summed E-state index contributed by atoms with van der Waals surface area (Å²) in [6.45, 7) is 12.9. The number of rotatable bonds is 5. The van der Waals surface area contributed by atoms with E-state index in [0.29, 0.717) is 0 Å². The number of nitrogens with two attached hydrogens (primary N) is 1. The van der Waals surface area contributed by atoms with Crippen LogP contribution in [-0.4, -0.2) is 12.6 Å². The van der Waals surface area contributed by atoms with Gasteiger partial charge in [-0.25, -0.2) is 0 Å². The van der Waals surface area contributed by atoms with Gasteiger partial charge >= 0.3 is 0 Å². The Morgan fingerprint density at radius 2 is 1.94 bits per heavy atom. The van der Waals surface area contributed by atoms with Gasteiger partial charge in [0.2, 0.25) is 0 Å². The van der Waals surface area contributed by atoms with Crippen molar-refractivity contribution in [2.24, 2.45) is 5.73 Å². The van der Waals surface area contributed by atoms with Crippen molar-refractivity contribution in [3.05, 3.63) is 34.9 Å². The average molecular weight is 248 g/mol. The zero-order valence-corrected chi connectivity index (χ0v) is 12.5. The highest BCUT2D eigenvalue weighted by Crippen LogP contribution is 2.24. The third-order valence-corrected chi connectivity index (χ3v) is 3.30. The molecule has 1 atom stereocenters. The van der Waals surface area contributed by atoms with Crippen molar-refractivity contribution in [1.29, 1.82) is 0 Å². The van der Waals surface area contributed by atoms with Crippen LogP contribution in [0, 0.1) is 6.92 Å². The molecule has 0 aliphatic carbocycles. The van der Waals surface area contributed by atoms with E-state index in [0.717, 1.165) is 19.5 Å². The summed E-state index contributed by atoms with van der Waals surface area (Å²) in [5.41, 5.74) is 10.1. The van der Waals surface area contributed by atoms with Crippen LogP contribution in [0.3, 0.4) is 0 Å². The molecule has 0 radical (unpaired) electrons. The molecule has 0 heterocycles. The number of hydrogen-bond donors (Lipinski definition) is 2. The van der Waals surface area contributed by atoms with Gasteiger partial charge < -0.3 is 11.1 Å². The van der Waals surface area contributed by atoms with Crippen molar-refractivity contribution in [2.45, 2.75) is 59.0 Å². The minimum Gasteiger partial charge on any atom is -0.328 e. The molecular weight excluding hydrogens is 220 g/mol. The van der Waals surface area contributed by atoms with Crippen molar-refractivity contribution < 1.29 is 0 Å². The number of aryl methyl sites for hydroxylation is 1. The minimum absolute atomic E-state index is 0.228. The largest absolute Gasteiger partial charge is 0.328 e. The summed E-state index contributed by atoms with van der Waals surface area (Å²) in [6.07, 6.45) is 1.03. The van der Waals surface area contributed by atoms with Gasteiger partial charge in [0.25, 0.3) is 0 Å². The van der Waals surface area contributed by atoms with Gasteiger partial charge in [0.15, 0.2) is 0 Å². The van der Waals surface area contributed by atoms with Crippen LogP contribution >= 0.6 is 0 Å². The fraction of sp³-hybridized carbons (Fsp3) is 0.625. The maximum absolute atomic E-state index is 5.73. The standard InChI is InChI=1S/C16H28N2/c1-12-10-15(16(3,4)5)7-6-14(12)11-18-9-8-13(2)17/h6-7,10,13,18H,8-9,11,17H2,1-5H3. The summed E-state index contributed by atoms with van der Waals surface area (Å²) in [4.78, 5) is 0. The highest BCUT2D eigenvalue weighted by molar-refractivity contribution is 5.34. The first-order chi connectivity index (χ1) is 8.30. The predicted molar refractivity (Wildman–Crippen MR) is 79.9 cm³/mol. The van der Waals surface area contributed by atoms with Crippen LogP contribution in [0.1, 0.15) is 50.8 Å². The van der Waals surface area contributed by atoms with E-state index in [1.54, 1.807) is 0 Å². The molecule has 0 aliphatic heterocycles. The molecule has 18 heavy (non-hydrogen) atoms. The molecule has 1 aromatic rings. The Kier molecular flexibility index (Phi) is 5.36. The molecule has 2 heteroatoms. The van der Waals surface area contributed by atoms with E-state index in [1.165, 1.54) is 16.7 Å². The fourth-order valence-electron chi connectivity index (χ4n) is 1.91. The van der Waals surface area contributed by atoms with Crippen LogP contribution in [-0.2, 0) is 12.0 Å². The molecular formula is C16H28N2. The van der Waals surface area contributed by atoms with Gasteiger partial charge in [-0.3, -0.25) is 0 Å². The highest BCUT2D eigenvalue weighted by Gasteiger charge is 2.14. The molecule has 1 aromatic carbocycles. The average Bonchev–Trinajstić information content (AvgIpc) is 2.24. The van der Waals surface area contributed by atoms with Crippen LogP contribution in [0.2, 0.25) is 0 Å². The van der Waals surface area contributed by atoms with E-state index in [9.17, 15) is 0 Å². The summed E-state index contributed by atoms with van der Waals surface area (Å²) < 4.78 is 0. The van der Waals surface area contributed by atoms with Crippen molar-refractivity contribution in [1.82, 2.24) is 5.32 Å². The van der Waals surface area contributed by atoms with Crippen molar-refractivity contribution in [3.8, 4) is 0 Å². The summed E-state index contributed by atoms with van der Waals surface area (Å²) >= 11 is 0. The smallest absolute Gasteiger partial charge is 0.0208 e. The van der Waals surface area contributed by atoms with E-state index >= 15 is 0 Å². The Labute approximate surface area is 112 Å². The van der Waals surface area contributed by atoms with E-state index < -0.39 is 0 Å². The van der Waals surface area contributed by atoms with Gasteiger partial charge in [-0.1, -0.05) is 39.0 Å². The van der Waals surface area contributed by atoms with Gasteiger partial charge in [0.1, 0.15) is 0 Å². The lowest BCUT2D eigenvalue weighted by atomic mass is 9.85. The molecule has 0 aliphatic rings. The molecule has 1 rings (SSSR count). The molecule has 1 unspecified atom stereocenters. The molecule has 0 amide bonds. The van der Waals surface area contributed by atoms with Crippen LogP contribution in [0.4, 0.5) is 0 Å². The zero-order valence-electron chi connectivity index (χ0n) is 12.5. The Balaban J connectivity index is 2.58. The van der Waals surface area contributed by atoms with Gasteiger partial charge in [-0.05, 0) is 48.9 Å². The molecule has 0 saturated carbocycles. The topological polar surface area (TPSA) is 38.0 Å². The summed E-state index contributed by atoms with van der Waals surface area (Å²) in [6, 6.07) is 7.08. The molecule has 0 bridgehead atoms. The molecule has 102 valence electrons. The van der Waals surface area contributed by atoms with E-state index in [1.807, 2.05) is 6.92 Å². The lowest BCUT2D eigenvalue weighted by molar-refractivity contribution is 0.582. The fourth-order valence-corrected chi connectivity index (χ4v) is 1.91. The van der Waals surface area contributed by atoms with E-state index in [-0.39, 0.29) is 11.5 Å². The van der Waals surface area contributed by atoms with Crippen molar-refractivity contribution in [2.75, 3.05) is 6.54 Å². The van der Waals surface area contributed by atoms with Crippen molar-refractivity contribution in [3.63, 3.8) is 0 Å². The summed E-state index contributed by atoms with van der Waals surface area (Å²) in [7, 11) is 0. The van der Waals surface area contributed by atoms with Crippen LogP contribution < -0.4 is 11.1 Å². The van der Waals surface area contributed by atoms with Crippen molar-refractivity contribution >= 4 is 0 Å². The Morgan fingerprint density at radius 3 is 2.44 bits per heavy atom. The van der Waals surface area contributed by atoms with Gasteiger partial charge in [-0.2, -0.15) is 0 Å². The van der Waals surface area contributed by atoms with E-state index in [2.05, 4.69) is 51.2 Å². The second kappa shape index (κ2) is 6.35. The Hall–Kier alpha value is -0.860. The molecule has 0 fully saturated rings. The van der Waals surface area contributed by atoms with Gasteiger partial charge in [0.05, 0.1) is 0 Å². The maximum atomic E-state index is 5.73. The highest BCUT2D eigenvalue weighted by atomic mass is 14.9. The molecule has 3 N–H and O–H groups in total. The normalized spacial score (nSPS) is 13.7. The Bertz CT molecular complexity index is 375. The van der Waals surface area contributed by atoms with Crippen LogP contribution in [0.25, 0.3) is 0 Å². The van der Waals surface area contributed by atoms with Crippen LogP contribution in [0.15, 0.2) is 18.2 Å². The minimum atomic E-state index is 0.228. The summed E-state index contributed by atoms with van der Waals surface area (Å²) in [5, 5.41) is 3.45. The number of nitrogens with one attached hydrogen (secondary N) is 1. The lowest BCUT2D eigenvalue weighted by Crippen LogP contribution is -2.24. The summed E-state index contributed by atoms with van der Waals surface area (Å²) in [5.74, 6) is 0. The monoisotopic (exact) mass is 248 g/mol. The zero-order chi connectivity index (χ0) is 13.8. The number of hydrogen-bond acceptors (Lipinski definition) is 2. The van der Waals surface area contributed by atoms with Gasteiger partial charge in [0, 0.05) is 12.6 Å². The maximum Gasteiger partial charge on any atom is 0.0208 e. The first-order valence-electron chi connectivity index (χ1n) is 6.87. The third kappa shape index (κ3) is 4.79. The lowest BCUT2D eigenvalue weighted by Gasteiger charge is -2.20. The molecule has 0 spiro atoms. The Morgan fingerprint density at radius 1 is 1.28 bits per heavy atom. The molecule has 0 saturated heterocycles. The van der Waals surface area contributed by atoms with Gasteiger partial charge in [-0.15, -0.1) is 0 Å². The second-order valence-corrected chi connectivity index (χ2v) is 6.33. The quantitative estimate of drug-likeness (QED) is 0.786. The third-order valence-electron chi connectivity index (χ3n) is 3.30. The number of benzene rings is 1. The first-order valence-corrected chi connectivity index (χ1v) is 6.87. The first kappa shape index (κ1) is 15.2. The molecule has 0 aromatic heterocycles. The second-order valence-electron chi connectivity index (χ2n) is 6.33. The SMILES string of the molecule is Cc1cc(C(C)(C)C)ccc1CNCCC(C)N.